The fraction of sp³-hybridized carbons (Fsp3) is 0.100. The van der Waals surface area contributed by atoms with Crippen molar-refractivity contribution >= 4 is 34.8 Å². The lowest BCUT2D eigenvalue weighted by molar-refractivity contribution is 0.215. The Morgan fingerprint density at radius 1 is 1.18 bits per heavy atom. The van der Waals surface area contributed by atoms with Gasteiger partial charge in [0, 0.05) is 18.0 Å². The summed E-state index contributed by atoms with van der Waals surface area (Å²) in [4.78, 5) is 11.6. The Bertz CT molecular complexity index is 550. The summed E-state index contributed by atoms with van der Waals surface area (Å²) in [7, 11) is 0. The third kappa shape index (κ3) is 2.66. The van der Waals surface area contributed by atoms with Gasteiger partial charge in [-0.3, -0.25) is 9.97 Å². The molecule has 0 aromatic carbocycles. The van der Waals surface area contributed by atoms with E-state index < -0.39 is 6.10 Å². The van der Waals surface area contributed by atoms with E-state index in [0.29, 0.717) is 10.6 Å². The standard InChI is InChI=1S/C10H6Cl3N3O/c11-6-3-14-2-1-5(6)9(17)8-10(13)16-7(12)4-15-8/h1-4,9,17H. The number of halogens is 3. The number of hydrogen-bond acceptors (Lipinski definition) is 4. The van der Waals surface area contributed by atoms with Crippen LogP contribution in [0.4, 0.5) is 0 Å². The smallest absolute Gasteiger partial charge is 0.155 e. The zero-order chi connectivity index (χ0) is 12.4. The predicted octanol–water partition coefficient (Wildman–Crippen LogP) is 2.91. The lowest BCUT2D eigenvalue weighted by atomic mass is 10.1. The van der Waals surface area contributed by atoms with Crippen molar-refractivity contribution in [2.24, 2.45) is 0 Å². The monoisotopic (exact) mass is 289 g/mol. The Kier molecular flexibility index (Phi) is 3.79. The van der Waals surface area contributed by atoms with Gasteiger partial charge in [0.15, 0.2) is 5.15 Å². The Hall–Kier alpha value is -0.940. The van der Waals surface area contributed by atoms with Gasteiger partial charge in [0.1, 0.15) is 17.0 Å². The Balaban J connectivity index is 2.44. The molecule has 1 N–H and O–H groups in total. The molecule has 0 bridgehead atoms. The third-order valence-corrected chi connectivity index (χ3v) is 2.86. The van der Waals surface area contributed by atoms with Crippen LogP contribution in [-0.4, -0.2) is 20.1 Å². The summed E-state index contributed by atoms with van der Waals surface area (Å²) >= 11 is 17.4. The Labute approximate surface area is 112 Å². The second-order valence-corrected chi connectivity index (χ2v) is 4.32. The van der Waals surface area contributed by atoms with Gasteiger partial charge in [0.05, 0.1) is 11.2 Å². The van der Waals surface area contributed by atoms with Crippen molar-refractivity contribution in [2.75, 3.05) is 0 Å². The van der Waals surface area contributed by atoms with Gasteiger partial charge in [-0.05, 0) is 6.07 Å². The molecule has 2 heterocycles. The molecule has 0 spiro atoms. The molecule has 0 fully saturated rings. The van der Waals surface area contributed by atoms with Crippen LogP contribution in [0.3, 0.4) is 0 Å². The first-order valence-electron chi connectivity index (χ1n) is 4.55. The highest BCUT2D eigenvalue weighted by Gasteiger charge is 2.19. The van der Waals surface area contributed by atoms with Crippen molar-refractivity contribution in [3.63, 3.8) is 0 Å². The first-order valence-corrected chi connectivity index (χ1v) is 5.68. The number of pyridine rings is 1. The second kappa shape index (κ2) is 5.14. The topological polar surface area (TPSA) is 58.9 Å². The molecule has 0 aliphatic rings. The van der Waals surface area contributed by atoms with Crippen LogP contribution < -0.4 is 0 Å². The van der Waals surface area contributed by atoms with E-state index in [1.54, 1.807) is 6.07 Å². The minimum Gasteiger partial charge on any atom is -0.382 e. The summed E-state index contributed by atoms with van der Waals surface area (Å²) < 4.78 is 0. The van der Waals surface area contributed by atoms with Crippen LogP contribution in [0.25, 0.3) is 0 Å². The third-order valence-electron chi connectivity index (χ3n) is 2.08. The largest absolute Gasteiger partial charge is 0.382 e. The molecule has 0 aliphatic carbocycles. The molecule has 7 heteroatoms. The maximum absolute atomic E-state index is 10.1. The molecule has 1 unspecified atom stereocenters. The molecule has 0 saturated carbocycles. The van der Waals surface area contributed by atoms with E-state index in [2.05, 4.69) is 15.0 Å². The van der Waals surface area contributed by atoms with E-state index in [9.17, 15) is 5.11 Å². The summed E-state index contributed by atoms with van der Waals surface area (Å²) in [6, 6.07) is 1.58. The quantitative estimate of drug-likeness (QED) is 0.924. The number of aromatic nitrogens is 3. The number of aliphatic hydroxyl groups is 1. The molecule has 0 aliphatic heterocycles. The van der Waals surface area contributed by atoms with E-state index in [4.69, 9.17) is 34.8 Å². The van der Waals surface area contributed by atoms with Crippen molar-refractivity contribution in [1.29, 1.82) is 0 Å². The van der Waals surface area contributed by atoms with Gasteiger partial charge < -0.3 is 5.11 Å². The SMILES string of the molecule is OC(c1ccncc1Cl)c1ncc(Cl)nc1Cl. The van der Waals surface area contributed by atoms with Crippen LogP contribution in [-0.2, 0) is 0 Å². The number of aliphatic hydroxyl groups excluding tert-OH is 1. The average Bonchev–Trinajstić information content (AvgIpc) is 2.29. The molecule has 1 atom stereocenters. The molecule has 2 rings (SSSR count). The van der Waals surface area contributed by atoms with Crippen LogP contribution in [0.15, 0.2) is 24.7 Å². The van der Waals surface area contributed by atoms with Crippen LogP contribution >= 0.6 is 34.8 Å². The Morgan fingerprint density at radius 2 is 1.94 bits per heavy atom. The van der Waals surface area contributed by atoms with Crippen molar-refractivity contribution in [1.82, 2.24) is 15.0 Å². The van der Waals surface area contributed by atoms with Crippen molar-refractivity contribution < 1.29 is 5.11 Å². The van der Waals surface area contributed by atoms with Gasteiger partial charge in [-0.1, -0.05) is 34.8 Å². The maximum atomic E-state index is 10.1. The molecular weight excluding hydrogens is 284 g/mol. The summed E-state index contributed by atoms with van der Waals surface area (Å²) in [6.45, 7) is 0. The average molecular weight is 291 g/mol. The molecule has 2 aromatic heterocycles. The summed E-state index contributed by atoms with van der Waals surface area (Å²) in [6.07, 6.45) is 3.18. The highest BCUT2D eigenvalue weighted by Crippen LogP contribution is 2.29. The van der Waals surface area contributed by atoms with Crippen LogP contribution in [0, 0.1) is 0 Å². The maximum Gasteiger partial charge on any atom is 0.155 e. The number of rotatable bonds is 2. The van der Waals surface area contributed by atoms with Crippen LogP contribution in [0.2, 0.25) is 15.3 Å². The fourth-order valence-corrected chi connectivity index (χ4v) is 1.94. The van der Waals surface area contributed by atoms with Gasteiger partial charge in [-0.15, -0.1) is 0 Å². The molecule has 0 amide bonds. The van der Waals surface area contributed by atoms with Crippen LogP contribution in [0.1, 0.15) is 17.4 Å². The highest BCUT2D eigenvalue weighted by molar-refractivity contribution is 6.33. The number of hydrogen-bond donors (Lipinski definition) is 1. The van der Waals surface area contributed by atoms with Crippen molar-refractivity contribution in [3.8, 4) is 0 Å². The Morgan fingerprint density at radius 3 is 2.59 bits per heavy atom. The molecule has 17 heavy (non-hydrogen) atoms. The summed E-state index contributed by atoms with van der Waals surface area (Å²) in [5.74, 6) is 0. The van der Waals surface area contributed by atoms with Crippen LogP contribution in [0.5, 0.6) is 0 Å². The minimum absolute atomic E-state index is 0.0397. The molecule has 0 saturated heterocycles. The molecular formula is C10H6Cl3N3O. The number of nitrogens with zero attached hydrogens (tertiary/aromatic N) is 3. The first kappa shape index (κ1) is 12.5. The van der Waals surface area contributed by atoms with E-state index in [1.165, 1.54) is 18.6 Å². The fourth-order valence-electron chi connectivity index (χ4n) is 1.29. The van der Waals surface area contributed by atoms with Gasteiger partial charge >= 0.3 is 0 Å². The lowest BCUT2D eigenvalue weighted by Crippen LogP contribution is -2.05. The zero-order valence-corrected chi connectivity index (χ0v) is 10.6. The molecule has 4 nitrogen and oxygen atoms in total. The van der Waals surface area contributed by atoms with Gasteiger partial charge in [-0.2, -0.15) is 0 Å². The van der Waals surface area contributed by atoms with Crippen molar-refractivity contribution in [3.05, 3.63) is 51.2 Å². The van der Waals surface area contributed by atoms with Gasteiger partial charge in [-0.25, -0.2) is 4.98 Å². The van der Waals surface area contributed by atoms with E-state index >= 15 is 0 Å². The molecule has 2 aromatic rings. The summed E-state index contributed by atoms with van der Waals surface area (Å²) in [5.41, 5.74) is 0.657. The van der Waals surface area contributed by atoms with Crippen molar-refractivity contribution in [2.45, 2.75) is 6.10 Å². The minimum atomic E-state index is -1.07. The normalized spacial score (nSPS) is 12.5. The predicted molar refractivity (Wildman–Crippen MR) is 65.4 cm³/mol. The van der Waals surface area contributed by atoms with E-state index in [0.717, 1.165) is 0 Å². The van der Waals surface area contributed by atoms with E-state index in [1.807, 2.05) is 0 Å². The van der Waals surface area contributed by atoms with Gasteiger partial charge in [0.25, 0.3) is 0 Å². The lowest BCUT2D eigenvalue weighted by Gasteiger charge is -2.12. The second-order valence-electron chi connectivity index (χ2n) is 3.17. The van der Waals surface area contributed by atoms with Gasteiger partial charge in [0.2, 0.25) is 0 Å². The zero-order valence-electron chi connectivity index (χ0n) is 8.31. The molecule has 0 radical (unpaired) electrons. The summed E-state index contributed by atoms with van der Waals surface area (Å²) in [5, 5.41) is 10.6. The highest BCUT2D eigenvalue weighted by atomic mass is 35.5. The van der Waals surface area contributed by atoms with E-state index in [-0.39, 0.29) is 16.0 Å². The first-order chi connectivity index (χ1) is 8.09. The molecule has 88 valence electrons.